The second-order valence-corrected chi connectivity index (χ2v) is 5.52. The van der Waals surface area contributed by atoms with Gasteiger partial charge in [0.05, 0.1) is 0 Å². The first-order valence-electron chi connectivity index (χ1n) is 7.19. The van der Waals surface area contributed by atoms with Gasteiger partial charge in [0, 0.05) is 25.9 Å². The molecule has 0 aromatic rings. The number of carbonyl (C=O) groups is 2. The summed E-state index contributed by atoms with van der Waals surface area (Å²) in [6, 6.07) is 0. The van der Waals surface area contributed by atoms with Gasteiger partial charge in [-0.15, -0.1) is 0 Å². The van der Waals surface area contributed by atoms with E-state index < -0.39 is 0 Å². The molecular formula is C14H29N3O2. The van der Waals surface area contributed by atoms with Crippen molar-refractivity contribution in [1.29, 1.82) is 0 Å². The van der Waals surface area contributed by atoms with Crippen molar-refractivity contribution in [2.75, 3.05) is 19.6 Å². The number of amides is 2. The largest absolute Gasteiger partial charge is 0.356 e. The third-order valence-electron chi connectivity index (χ3n) is 2.91. The van der Waals surface area contributed by atoms with Crippen LogP contribution in [0.15, 0.2) is 0 Å². The summed E-state index contributed by atoms with van der Waals surface area (Å²) in [5.74, 6) is 0.929. The van der Waals surface area contributed by atoms with E-state index in [1.165, 1.54) is 0 Å². The van der Waals surface area contributed by atoms with E-state index in [4.69, 9.17) is 5.73 Å². The van der Waals surface area contributed by atoms with E-state index in [0.717, 1.165) is 12.8 Å². The van der Waals surface area contributed by atoms with Crippen LogP contribution in [0.2, 0.25) is 0 Å². The topological polar surface area (TPSA) is 84.2 Å². The van der Waals surface area contributed by atoms with Crippen molar-refractivity contribution in [2.45, 2.75) is 46.5 Å². The van der Waals surface area contributed by atoms with Crippen LogP contribution in [-0.4, -0.2) is 31.4 Å². The average Bonchev–Trinajstić information content (AvgIpc) is 2.34. The van der Waals surface area contributed by atoms with E-state index in [0.29, 0.717) is 44.3 Å². The molecule has 5 heteroatoms. The predicted octanol–water partition coefficient (Wildman–Crippen LogP) is 1.03. The molecule has 0 bridgehead atoms. The first-order chi connectivity index (χ1) is 8.95. The Labute approximate surface area is 116 Å². The molecule has 0 saturated heterocycles. The van der Waals surface area contributed by atoms with Gasteiger partial charge in [-0.05, 0) is 31.2 Å². The molecule has 0 aliphatic heterocycles. The van der Waals surface area contributed by atoms with Gasteiger partial charge in [0.2, 0.25) is 11.8 Å². The summed E-state index contributed by atoms with van der Waals surface area (Å²) in [5.41, 5.74) is 5.45. The van der Waals surface area contributed by atoms with Gasteiger partial charge in [-0.2, -0.15) is 0 Å². The Hall–Kier alpha value is -1.10. The zero-order valence-electron chi connectivity index (χ0n) is 12.5. The molecular weight excluding hydrogens is 242 g/mol. The van der Waals surface area contributed by atoms with Crippen LogP contribution in [0.5, 0.6) is 0 Å². The summed E-state index contributed by atoms with van der Waals surface area (Å²) in [6.07, 6.45) is 2.65. The van der Waals surface area contributed by atoms with Crippen molar-refractivity contribution in [3.8, 4) is 0 Å². The molecule has 5 nitrogen and oxygen atoms in total. The highest BCUT2D eigenvalue weighted by Gasteiger charge is 2.07. The first-order valence-corrected chi connectivity index (χ1v) is 7.19. The van der Waals surface area contributed by atoms with E-state index in [1.807, 2.05) is 13.8 Å². The highest BCUT2D eigenvalue weighted by atomic mass is 16.2. The molecule has 0 saturated carbocycles. The highest BCUT2D eigenvalue weighted by molar-refractivity contribution is 5.78. The Kier molecular flexibility index (Phi) is 10.2. The van der Waals surface area contributed by atoms with E-state index in [2.05, 4.69) is 17.6 Å². The number of hydrogen-bond donors (Lipinski definition) is 3. The second-order valence-electron chi connectivity index (χ2n) is 5.52. The molecule has 0 fully saturated rings. The Morgan fingerprint density at radius 1 is 1.00 bits per heavy atom. The first kappa shape index (κ1) is 17.9. The zero-order chi connectivity index (χ0) is 14.7. The van der Waals surface area contributed by atoms with Gasteiger partial charge in [0.1, 0.15) is 0 Å². The Bertz CT molecular complexity index is 267. The number of hydrogen-bond acceptors (Lipinski definition) is 3. The van der Waals surface area contributed by atoms with Crippen LogP contribution < -0.4 is 16.4 Å². The molecule has 0 aliphatic carbocycles. The third kappa shape index (κ3) is 11.7. The fourth-order valence-corrected chi connectivity index (χ4v) is 1.62. The van der Waals surface area contributed by atoms with Crippen LogP contribution in [0.25, 0.3) is 0 Å². The molecule has 0 heterocycles. The van der Waals surface area contributed by atoms with Gasteiger partial charge in [-0.1, -0.05) is 20.8 Å². The minimum atomic E-state index is -0.00880. The molecule has 1 unspecified atom stereocenters. The van der Waals surface area contributed by atoms with Crippen molar-refractivity contribution in [3.05, 3.63) is 0 Å². The van der Waals surface area contributed by atoms with Crippen LogP contribution in [0.4, 0.5) is 0 Å². The minimum Gasteiger partial charge on any atom is -0.356 e. The molecule has 4 N–H and O–H groups in total. The van der Waals surface area contributed by atoms with Crippen LogP contribution >= 0.6 is 0 Å². The monoisotopic (exact) mass is 271 g/mol. The van der Waals surface area contributed by atoms with Crippen molar-refractivity contribution in [2.24, 2.45) is 17.6 Å². The van der Waals surface area contributed by atoms with Gasteiger partial charge in [0.25, 0.3) is 0 Å². The molecule has 0 rings (SSSR count). The molecule has 0 aromatic carbocycles. The number of nitrogens with two attached hydrogens (primary N) is 1. The predicted molar refractivity (Wildman–Crippen MR) is 77.5 cm³/mol. The van der Waals surface area contributed by atoms with Crippen molar-refractivity contribution in [3.63, 3.8) is 0 Å². The normalized spacial score (nSPS) is 12.3. The summed E-state index contributed by atoms with van der Waals surface area (Å²) in [4.78, 5) is 22.9. The molecule has 2 amide bonds. The zero-order valence-corrected chi connectivity index (χ0v) is 12.5. The summed E-state index contributed by atoms with van der Waals surface area (Å²) >= 11 is 0. The second kappa shape index (κ2) is 10.8. The maximum absolute atomic E-state index is 11.5. The van der Waals surface area contributed by atoms with Gasteiger partial charge < -0.3 is 16.4 Å². The standard InChI is InChI=1S/C14H29N3O2/c1-11(2)10-17-14(19)7-9-16-13(18)5-4-12(3)6-8-15/h11-12H,4-10,15H2,1-3H3,(H,16,18)(H,17,19). The molecule has 19 heavy (non-hydrogen) atoms. The summed E-state index contributed by atoms with van der Waals surface area (Å²) in [5, 5.41) is 5.59. The summed E-state index contributed by atoms with van der Waals surface area (Å²) in [7, 11) is 0. The van der Waals surface area contributed by atoms with Crippen molar-refractivity contribution in [1.82, 2.24) is 10.6 Å². The van der Waals surface area contributed by atoms with Crippen molar-refractivity contribution < 1.29 is 9.59 Å². The Morgan fingerprint density at radius 2 is 1.63 bits per heavy atom. The van der Waals surface area contributed by atoms with Crippen molar-refractivity contribution >= 4 is 11.8 Å². The van der Waals surface area contributed by atoms with E-state index >= 15 is 0 Å². The summed E-state index contributed by atoms with van der Waals surface area (Å²) in [6.45, 7) is 7.95. The fourth-order valence-electron chi connectivity index (χ4n) is 1.62. The minimum absolute atomic E-state index is 0.00880. The van der Waals surface area contributed by atoms with E-state index in [1.54, 1.807) is 0 Å². The van der Waals surface area contributed by atoms with Gasteiger partial charge in [-0.3, -0.25) is 9.59 Å². The molecule has 0 aliphatic rings. The smallest absolute Gasteiger partial charge is 0.221 e. The van der Waals surface area contributed by atoms with Gasteiger partial charge >= 0.3 is 0 Å². The van der Waals surface area contributed by atoms with Gasteiger partial charge in [-0.25, -0.2) is 0 Å². The molecule has 1 atom stereocenters. The van der Waals surface area contributed by atoms with Crippen LogP contribution in [0, 0.1) is 11.8 Å². The Balaban J connectivity index is 3.55. The van der Waals surface area contributed by atoms with E-state index in [9.17, 15) is 9.59 Å². The Morgan fingerprint density at radius 3 is 2.21 bits per heavy atom. The number of rotatable bonds is 10. The van der Waals surface area contributed by atoms with Crippen LogP contribution in [0.1, 0.15) is 46.5 Å². The molecule has 112 valence electrons. The maximum atomic E-state index is 11.5. The average molecular weight is 271 g/mol. The number of nitrogens with one attached hydrogen (secondary N) is 2. The maximum Gasteiger partial charge on any atom is 0.221 e. The third-order valence-corrected chi connectivity index (χ3v) is 2.91. The molecule has 0 aromatic heterocycles. The molecule has 0 spiro atoms. The van der Waals surface area contributed by atoms with E-state index in [-0.39, 0.29) is 11.8 Å². The SMILES string of the molecule is CC(C)CNC(=O)CCNC(=O)CCC(C)CCN. The highest BCUT2D eigenvalue weighted by Crippen LogP contribution is 2.08. The van der Waals surface area contributed by atoms with Crippen LogP contribution in [-0.2, 0) is 9.59 Å². The number of carbonyl (C=O) groups excluding carboxylic acids is 2. The lowest BCUT2D eigenvalue weighted by Gasteiger charge is -2.10. The lowest BCUT2D eigenvalue weighted by molar-refractivity contribution is -0.122. The lowest BCUT2D eigenvalue weighted by atomic mass is 10.0. The fraction of sp³-hybridized carbons (Fsp3) is 0.857. The van der Waals surface area contributed by atoms with Gasteiger partial charge in [0.15, 0.2) is 0 Å². The summed E-state index contributed by atoms with van der Waals surface area (Å²) < 4.78 is 0. The van der Waals surface area contributed by atoms with Crippen LogP contribution in [0.3, 0.4) is 0 Å². The quantitative estimate of drug-likeness (QED) is 0.555. The molecule has 0 radical (unpaired) electrons. The lowest BCUT2D eigenvalue weighted by Crippen LogP contribution is -2.32.